The first kappa shape index (κ1) is 16.5. The molecule has 5 heteroatoms. The third-order valence-corrected chi connectivity index (χ3v) is 4.14. The van der Waals surface area contributed by atoms with Crippen LogP contribution in [0, 0.1) is 6.92 Å². The van der Waals surface area contributed by atoms with Gasteiger partial charge in [0.15, 0.2) is 0 Å². The van der Waals surface area contributed by atoms with E-state index in [1.165, 1.54) is 5.56 Å². The molecule has 4 nitrogen and oxygen atoms in total. The Morgan fingerprint density at radius 1 is 0.958 bits per heavy atom. The summed E-state index contributed by atoms with van der Waals surface area (Å²) in [5.41, 5.74) is 3.09. The van der Waals surface area contributed by atoms with Crippen molar-refractivity contribution in [1.82, 2.24) is 9.97 Å². The van der Waals surface area contributed by atoms with E-state index >= 15 is 0 Å². The lowest BCUT2D eigenvalue weighted by Gasteiger charge is -2.15. The molecule has 0 radical (unpaired) electrons. The number of nitrogens with one attached hydrogen (secondary N) is 2. The zero-order valence-corrected chi connectivity index (χ0v) is 15.2. The van der Waals surface area contributed by atoms with E-state index in [1.54, 1.807) is 0 Å². The highest BCUT2D eigenvalue weighted by atomic mass is 79.9. The van der Waals surface area contributed by atoms with E-state index in [-0.39, 0.29) is 6.04 Å². The van der Waals surface area contributed by atoms with Crippen LogP contribution in [0.2, 0.25) is 0 Å². The Kier molecular flexibility index (Phi) is 5.11. The minimum absolute atomic E-state index is 0.133. The number of aromatic nitrogens is 2. The van der Waals surface area contributed by atoms with Crippen LogP contribution in [0.4, 0.5) is 17.5 Å². The Bertz CT molecular complexity index is 803. The lowest BCUT2D eigenvalue weighted by molar-refractivity contribution is 0.858. The molecule has 0 aliphatic carbocycles. The molecule has 0 saturated heterocycles. The number of aryl methyl sites for hydroxylation is 1. The van der Waals surface area contributed by atoms with Crippen LogP contribution in [0.25, 0.3) is 0 Å². The fourth-order valence-corrected chi connectivity index (χ4v) is 2.66. The van der Waals surface area contributed by atoms with Crippen molar-refractivity contribution >= 4 is 33.4 Å². The van der Waals surface area contributed by atoms with E-state index in [0.29, 0.717) is 5.95 Å². The third-order valence-electron chi connectivity index (χ3n) is 3.62. The second-order valence-electron chi connectivity index (χ2n) is 5.63. The summed E-state index contributed by atoms with van der Waals surface area (Å²) in [7, 11) is 0. The van der Waals surface area contributed by atoms with Crippen molar-refractivity contribution in [2.45, 2.75) is 19.9 Å². The average Bonchev–Trinajstić information content (AvgIpc) is 2.57. The molecule has 122 valence electrons. The van der Waals surface area contributed by atoms with Gasteiger partial charge in [-0.1, -0.05) is 46.3 Å². The van der Waals surface area contributed by atoms with Crippen molar-refractivity contribution in [3.8, 4) is 0 Å². The molecule has 3 rings (SSSR count). The summed E-state index contributed by atoms with van der Waals surface area (Å²) < 4.78 is 1.05. The van der Waals surface area contributed by atoms with Gasteiger partial charge in [0.25, 0.3) is 0 Å². The largest absolute Gasteiger partial charge is 0.348 e. The van der Waals surface area contributed by atoms with Crippen LogP contribution >= 0.6 is 15.9 Å². The van der Waals surface area contributed by atoms with Crippen molar-refractivity contribution < 1.29 is 0 Å². The van der Waals surface area contributed by atoms with Crippen LogP contribution in [0.3, 0.4) is 0 Å². The maximum Gasteiger partial charge on any atom is 0.225 e. The number of hydrogen-bond donors (Lipinski definition) is 2. The average molecular weight is 383 g/mol. The first-order valence-corrected chi connectivity index (χ1v) is 8.59. The van der Waals surface area contributed by atoms with Gasteiger partial charge in [-0.05, 0) is 43.7 Å². The second-order valence-corrected chi connectivity index (χ2v) is 6.54. The van der Waals surface area contributed by atoms with Gasteiger partial charge in [-0.3, -0.25) is 0 Å². The molecular formula is C19H19BrN4. The number of hydrogen-bond acceptors (Lipinski definition) is 4. The predicted molar refractivity (Wildman–Crippen MR) is 103 cm³/mol. The molecule has 2 aromatic carbocycles. The van der Waals surface area contributed by atoms with Gasteiger partial charge in [0.05, 0.1) is 6.04 Å². The van der Waals surface area contributed by atoms with Crippen LogP contribution in [-0.2, 0) is 0 Å². The first-order valence-electron chi connectivity index (χ1n) is 7.80. The van der Waals surface area contributed by atoms with Gasteiger partial charge in [-0.25, -0.2) is 4.98 Å². The fraction of sp³-hybridized carbons (Fsp3) is 0.158. The van der Waals surface area contributed by atoms with Crippen LogP contribution < -0.4 is 10.6 Å². The first-order chi connectivity index (χ1) is 11.6. The van der Waals surface area contributed by atoms with Gasteiger partial charge >= 0.3 is 0 Å². The molecule has 1 atom stereocenters. The van der Waals surface area contributed by atoms with E-state index in [0.717, 1.165) is 21.7 Å². The third kappa shape index (κ3) is 4.32. The van der Waals surface area contributed by atoms with Gasteiger partial charge < -0.3 is 10.6 Å². The van der Waals surface area contributed by atoms with Gasteiger partial charge in [0, 0.05) is 21.9 Å². The van der Waals surface area contributed by atoms with E-state index < -0.39 is 0 Å². The fourth-order valence-electron chi connectivity index (χ4n) is 2.40. The molecular weight excluding hydrogens is 364 g/mol. The van der Waals surface area contributed by atoms with E-state index in [4.69, 9.17) is 0 Å². The molecule has 24 heavy (non-hydrogen) atoms. The Labute approximate surface area is 150 Å². The molecule has 1 aromatic heterocycles. The molecule has 2 N–H and O–H groups in total. The van der Waals surface area contributed by atoms with E-state index in [9.17, 15) is 0 Å². The zero-order chi connectivity index (χ0) is 16.9. The molecule has 0 saturated carbocycles. The van der Waals surface area contributed by atoms with Crippen molar-refractivity contribution in [3.05, 3.63) is 76.4 Å². The minimum atomic E-state index is 0.133. The lowest BCUT2D eigenvalue weighted by atomic mass is 10.1. The maximum absolute atomic E-state index is 4.57. The van der Waals surface area contributed by atoms with Crippen molar-refractivity contribution in [2.75, 3.05) is 10.6 Å². The number of halogens is 1. The smallest absolute Gasteiger partial charge is 0.225 e. The van der Waals surface area contributed by atoms with Crippen LogP contribution in [0.5, 0.6) is 0 Å². The quantitative estimate of drug-likeness (QED) is 0.614. The Morgan fingerprint density at radius 2 is 1.67 bits per heavy atom. The molecule has 0 aliphatic rings. The Morgan fingerprint density at radius 3 is 2.38 bits per heavy atom. The summed E-state index contributed by atoms with van der Waals surface area (Å²) >= 11 is 3.44. The topological polar surface area (TPSA) is 49.8 Å². The van der Waals surface area contributed by atoms with Gasteiger partial charge in [0.1, 0.15) is 5.82 Å². The number of rotatable bonds is 5. The highest BCUT2D eigenvalue weighted by Gasteiger charge is 2.08. The normalized spacial score (nSPS) is 11.8. The highest BCUT2D eigenvalue weighted by Crippen LogP contribution is 2.21. The number of nitrogens with zero attached hydrogens (tertiary/aromatic N) is 2. The van der Waals surface area contributed by atoms with Gasteiger partial charge in [0.2, 0.25) is 5.95 Å². The molecule has 1 unspecified atom stereocenters. The molecule has 0 spiro atoms. The molecule has 0 bridgehead atoms. The summed E-state index contributed by atoms with van der Waals surface area (Å²) in [5, 5.41) is 6.68. The van der Waals surface area contributed by atoms with Crippen molar-refractivity contribution in [3.63, 3.8) is 0 Å². The van der Waals surface area contributed by atoms with Crippen LogP contribution in [-0.4, -0.2) is 9.97 Å². The Balaban J connectivity index is 1.77. The van der Waals surface area contributed by atoms with Gasteiger partial charge in [-0.15, -0.1) is 0 Å². The summed E-state index contributed by atoms with van der Waals surface area (Å²) in [4.78, 5) is 9.06. The minimum Gasteiger partial charge on any atom is -0.348 e. The maximum atomic E-state index is 4.57. The van der Waals surface area contributed by atoms with Crippen molar-refractivity contribution in [1.29, 1.82) is 0 Å². The zero-order valence-electron chi connectivity index (χ0n) is 13.6. The summed E-state index contributed by atoms with van der Waals surface area (Å²) in [6, 6.07) is 20.3. The van der Waals surface area contributed by atoms with Gasteiger partial charge in [-0.2, -0.15) is 4.98 Å². The second kappa shape index (κ2) is 7.45. The standard InChI is InChI=1S/C19H19BrN4/c1-13-12-18(23-17-10-8-16(20)9-11-17)24-19(21-13)22-14(2)15-6-4-3-5-7-15/h3-12,14H,1-2H3,(H2,21,22,23,24). The summed E-state index contributed by atoms with van der Waals surface area (Å²) in [6.45, 7) is 4.07. The molecule has 3 aromatic rings. The molecule has 0 amide bonds. The monoisotopic (exact) mass is 382 g/mol. The van der Waals surface area contributed by atoms with Crippen molar-refractivity contribution in [2.24, 2.45) is 0 Å². The predicted octanol–water partition coefficient (Wildman–Crippen LogP) is 5.46. The summed E-state index contributed by atoms with van der Waals surface area (Å²) in [5.74, 6) is 1.39. The summed E-state index contributed by atoms with van der Waals surface area (Å²) in [6.07, 6.45) is 0. The highest BCUT2D eigenvalue weighted by molar-refractivity contribution is 9.10. The molecule has 1 heterocycles. The van der Waals surface area contributed by atoms with E-state index in [2.05, 4.69) is 55.6 Å². The number of benzene rings is 2. The molecule has 0 fully saturated rings. The molecule has 0 aliphatic heterocycles. The van der Waals surface area contributed by atoms with E-state index in [1.807, 2.05) is 55.5 Å². The number of anilines is 3. The van der Waals surface area contributed by atoms with Crippen LogP contribution in [0.1, 0.15) is 24.2 Å². The Hall–Kier alpha value is -2.40. The lowest BCUT2D eigenvalue weighted by Crippen LogP contribution is -2.10. The SMILES string of the molecule is Cc1cc(Nc2ccc(Br)cc2)nc(NC(C)c2ccccc2)n1. The van der Waals surface area contributed by atoms with Crippen LogP contribution in [0.15, 0.2) is 65.1 Å².